The summed E-state index contributed by atoms with van der Waals surface area (Å²) in [5.74, 6) is 1.11. The zero-order valence-corrected chi connectivity index (χ0v) is 16.8. The second-order valence-corrected chi connectivity index (χ2v) is 6.93. The first-order chi connectivity index (χ1) is 14.0. The molecule has 0 atom stereocenters. The summed E-state index contributed by atoms with van der Waals surface area (Å²) in [4.78, 5) is 20.8. The number of rotatable bonds is 6. The van der Waals surface area contributed by atoms with Crippen molar-refractivity contribution < 1.29 is 14.8 Å². The van der Waals surface area contributed by atoms with Gasteiger partial charge in [0, 0.05) is 44.1 Å². The Hall–Kier alpha value is -3.15. The summed E-state index contributed by atoms with van der Waals surface area (Å²) < 4.78 is 5.28. The van der Waals surface area contributed by atoms with Crippen LogP contribution < -0.4 is 15.0 Å². The molecule has 1 aliphatic heterocycles. The Bertz CT molecular complexity index is 950. The number of hydrogen-bond donors (Lipinski definition) is 2. The van der Waals surface area contributed by atoms with Gasteiger partial charge in [0.05, 0.1) is 17.7 Å². The van der Waals surface area contributed by atoms with Crippen LogP contribution in [0.1, 0.15) is 5.56 Å². The molecule has 2 aromatic rings. The normalized spacial score (nSPS) is 13.7. The van der Waals surface area contributed by atoms with Crippen LogP contribution in [0.15, 0.2) is 36.5 Å². The van der Waals surface area contributed by atoms with E-state index in [4.69, 9.17) is 27.0 Å². The van der Waals surface area contributed by atoms with Crippen molar-refractivity contribution in [3.8, 4) is 11.8 Å². The Labute approximate surface area is 174 Å². The highest BCUT2D eigenvalue weighted by Gasteiger charge is 2.23. The van der Waals surface area contributed by atoms with Gasteiger partial charge in [-0.2, -0.15) is 5.26 Å². The van der Waals surface area contributed by atoms with Crippen LogP contribution in [0.2, 0.25) is 5.02 Å². The number of anilines is 1. The van der Waals surface area contributed by atoms with Crippen LogP contribution in [0.3, 0.4) is 0 Å². The molecule has 3 rings (SSSR count). The van der Waals surface area contributed by atoms with E-state index in [0.717, 1.165) is 5.69 Å². The Balaban J connectivity index is 1.56. The van der Waals surface area contributed by atoms with Crippen LogP contribution >= 0.6 is 11.6 Å². The van der Waals surface area contributed by atoms with Gasteiger partial charge in [-0.05, 0) is 24.3 Å². The summed E-state index contributed by atoms with van der Waals surface area (Å²) >= 11 is 6.09. The number of hydrogen-bond acceptors (Lipinski definition) is 6. The lowest BCUT2D eigenvalue weighted by Crippen LogP contribution is -2.82. The molecule has 1 saturated heterocycles. The molecule has 0 saturated carbocycles. The number of nitrogens with zero attached hydrogens (tertiary/aromatic N) is 4. The van der Waals surface area contributed by atoms with E-state index in [9.17, 15) is 4.79 Å². The summed E-state index contributed by atoms with van der Waals surface area (Å²) in [6, 6.07) is 10.8. The number of quaternary nitrogens is 1. The second-order valence-electron chi connectivity index (χ2n) is 6.52. The molecule has 0 spiro atoms. The molecule has 1 aliphatic rings. The number of methoxy groups -OCH3 is 1. The van der Waals surface area contributed by atoms with E-state index in [1.165, 1.54) is 0 Å². The standard InChI is InChI=1S/C20H21ClN6O2/c1-29-18-11-14(4-5-16(18)21)26-7-9-27(10-8-26)19(28)13-25-20-15(17(23)12-22)3-2-6-24-20/h2-6,11,23H,7-10,13H2,1H3,(H,24,25)/p+1. The van der Waals surface area contributed by atoms with Gasteiger partial charge in [-0.15, -0.1) is 0 Å². The molecular weight excluding hydrogens is 392 g/mol. The fourth-order valence-corrected chi connectivity index (χ4v) is 3.42. The number of nitriles is 1. The smallest absolute Gasteiger partial charge is 0.278 e. The number of carbonyl (C=O) groups is 1. The van der Waals surface area contributed by atoms with Crippen LogP contribution in [0.25, 0.3) is 0 Å². The maximum Gasteiger partial charge on any atom is 0.278 e. The first-order valence-corrected chi connectivity index (χ1v) is 9.54. The number of nitrogens with two attached hydrogens (primary N) is 1. The molecule has 0 bridgehead atoms. The van der Waals surface area contributed by atoms with Gasteiger partial charge in [0.15, 0.2) is 6.54 Å². The zero-order valence-electron chi connectivity index (χ0n) is 16.1. The Morgan fingerprint density at radius 2 is 2.10 bits per heavy atom. The fraction of sp³-hybridized carbons (Fsp3) is 0.300. The minimum Gasteiger partial charge on any atom is -0.495 e. The van der Waals surface area contributed by atoms with Crippen molar-refractivity contribution in [3.05, 3.63) is 47.1 Å². The molecular formula is C20H22ClN6O2+. The predicted octanol–water partition coefficient (Wildman–Crippen LogP) is 1.18. The van der Waals surface area contributed by atoms with Crippen molar-refractivity contribution in [2.45, 2.75) is 0 Å². The lowest BCUT2D eigenvalue weighted by molar-refractivity contribution is -0.564. The Kier molecular flexibility index (Phi) is 6.65. The molecule has 0 aliphatic carbocycles. The minimum absolute atomic E-state index is 0.00146. The van der Waals surface area contributed by atoms with Crippen molar-refractivity contribution in [2.75, 3.05) is 44.7 Å². The summed E-state index contributed by atoms with van der Waals surface area (Å²) in [6.45, 7) is 2.83. The van der Waals surface area contributed by atoms with Gasteiger partial charge in [-0.3, -0.25) is 15.5 Å². The van der Waals surface area contributed by atoms with Gasteiger partial charge >= 0.3 is 0 Å². The van der Waals surface area contributed by atoms with Crippen molar-refractivity contribution in [1.82, 2.24) is 9.88 Å². The van der Waals surface area contributed by atoms with Crippen molar-refractivity contribution in [2.24, 2.45) is 0 Å². The highest BCUT2D eigenvalue weighted by atomic mass is 35.5. The highest BCUT2D eigenvalue weighted by Crippen LogP contribution is 2.29. The van der Waals surface area contributed by atoms with Crippen molar-refractivity contribution in [3.63, 3.8) is 0 Å². The second kappa shape index (κ2) is 9.37. The summed E-state index contributed by atoms with van der Waals surface area (Å²) in [7, 11) is 1.59. The first kappa shape index (κ1) is 20.6. The fourth-order valence-electron chi connectivity index (χ4n) is 3.22. The number of nitrogens with one attached hydrogen (secondary N) is 1. The molecule has 0 unspecified atom stereocenters. The molecule has 2 heterocycles. The van der Waals surface area contributed by atoms with E-state index < -0.39 is 0 Å². The highest BCUT2D eigenvalue weighted by molar-refractivity contribution is 6.32. The molecule has 1 aromatic carbocycles. The molecule has 9 heteroatoms. The average Bonchev–Trinajstić information content (AvgIpc) is 2.77. The predicted molar refractivity (Wildman–Crippen MR) is 110 cm³/mol. The van der Waals surface area contributed by atoms with Gasteiger partial charge in [0.25, 0.3) is 5.91 Å². The monoisotopic (exact) mass is 413 g/mol. The lowest BCUT2D eigenvalue weighted by atomic mass is 10.1. The van der Waals surface area contributed by atoms with E-state index in [-0.39, 0.29) is 18.2 Å². The van der Waals surface area contributed by atoms with Gasteiger partial charge in [-0.1, -0.05) is 11.6 Å². The number of benzene rings is 1. The lowest BCUT2D eigenvalue weighted by Gasteiger charge is -2.36. The number of piperazine rings is 1. The van der Waals surface area contributed by atoms with Crippen molar-refractivity contribution >= 4 is 34.7 Å². The minimum atomic E-state index is -0.163. The number of amides is 1. The average molecular weight is 414 g/mol. The van der Waals surface area contributed by atoms with Crippen LogP contribution in [0.5, 0.6) is 5.75 Å². The van der Waals surface area contributed by atoms with Gasteiger partial charge < -0.3 is 14.5 Å². The Morgan fingerprint density at radius 3 is 2.79 bits per heavy atom. The SMILES string of the molecule is COc1cc(N2CCN(C(=O)C[NH2+]c3ncccc3C(=N)C#N)CC2)ccc1Cl. The third-order valence-corrected chi connectivity index (χ3v) is 5.13. The summed E-state index contributed by atoms with van der Waals surface area (Å²) in [5.41, 5.74) is 1.28. The molecule has 1 amide bonds. The maximum atomic E-state index is 12.6. The van der Waals surface area contributed by atoms with E-state index >= 15 is 0 Å². The van der Waals surface area contributed by atoms with Crippen LogP contribution in [-0.4, -0.2) is 61.3 Å². The van der Waals surface area contributed by atoms with E-state index in [1.807, 2.05) is 29.2 Å². The topological polar surface area (TPSA) is 110 Å². The number of halogens is 1. The zero-order chi connectivity index (χ0) is 20.8. The van der Waals surface area contributed by atoms with Gasteiger partial charge in [0.1, 0.15) is 17.5 Å². The van der Waals surface area contributed by atoms with Crippen LogP contribution in [0.4, 0.5) is 11.5 Å². The van der Waals surface area contributed by atoms with Gasteiger partial charge in [-0.25, -0.2) is 4.98 Å². The van der Waals surface area contributed by atoms with Crippen molar-refractivity contribution in [1.29, 1.82) is 10.7 Å². The Morgan fingerprint density at radius 1 is 1.34 bits per heavy atom. The van der Waals surface area contributed by atoms with E-state index in [2.05, 4.69) is 9.88 Å². The molecule has 150 valence electrons. The third kappa shape index (κ3) is 4.83. The van der Waals surface area contributed by atoms with E-state index in [0.29, 0.717) is 48.3 Å². The largest absolute Gasteiger partial charge is 0.495 e. The maximum absolute atomic E-state index is 12.6. The number of aromatic nitrogens is 1. The number of ether oxygens (including phenoxy) is 1. The van der Waals surface area contributed by atoms with Gasteiger partial charge in [0.2, 0.25) is 5.82 Å². The summed E-state index contributed by atoms with van der Waals surface area (Å²) in [6.07, 6.45) is 1.59. The summed E-state index contributed by atoms with van der Waals surface area (Å²) in [5, 5.41) is 18.9. The van der Waals surface area contributed by atoms with E-state index in [1.54, 1.807) is 30.8 Å². The first-order valence-electron chi connectivity index (χ1n) is 9.17. The molecule has 3 N–H and O–H groups in total. The van der Waals surface area contributed by atoms with Crippen LogP contribution in [0, 0.1) is 16.7 Å². The molecule has 1 aromatic heterocycles. The number of pyridine rings is 1. The number of carbonyl (C=O) groups excluding carboxylic acids is 1. The molecule has 1 fully saturated rings. The third-order valence-electron chi connectivity index (χ3n) is 4.82. The quantitative estimate of drug-likeness (QED) is 0.691. The molecule has 8 nitrogen and oxygen atoms in total. The van der Waals surface area contributed by atoms with Crippen LogP contribution in [-0.2, 0) is 4.79 Å². The molecule has 0 radical (unpaired) electrons. The molecule has 29 heavy (non-hydrogen) atoms.